The summed E-state index contributed by atoms with van der Waals surface area (Å²) in [6.45, 7) is 0.0387. The minimum absolute atomic E-state index is 0.0387. The molecule has 0 atom stereocenters. The second-order valence-electron chi connectivity index (χ2n) is 5.23. The molecule has 0 aliphatic carbocycles. The van der Waals surface area contributed by atoms with E-state index in [0.717, 1.165) is 5.56 Å². The average molecular weight is 344 g/mol. The number of fused-ring (bicyclic) bond motifs is 1. The lowest BCUT2D eigenvalue weighted by Gasteiger charge is -2.30. The fraction of sp³-hybridized carbons (Fsp3) is 0.111. The van der Waals surface area contributed by atoms with E-state index in [4.69, 9.17) is 21.4 Å². The van der Waals surface area contributed by atoms with Crippen LogP contribution in [-0.4, -0.2) is 23.5 Å². The maximum atomic E-state index is 12.7. The summed E-state index contributed by atoms with van der Waals surface area (Å²) >= 11 is 5.99. The number of carbonyl (C=O) groups is 2. The molecule has 0 aromatic heterocycles. The molecule has 1 aliphatic rings. The first-order valence-corrected chi connectivity index (χ1v) is 7.70. The van der Waals surface area contributed by atoms with Crippen LogP contribution in [0, 0.1) is 0 Å². The normalized spacial score (nSPS) is 15.1. The Balaban J connectivity index is 2.00. The van der Waals surface area contributed by atoms with Crippen LogP contribution in [0.4, 0.5) is 5.69 Å². The van der Waals surface area contributed by atoms with Crippen molar-refractivity contribution in [1.29, 1.82) is 0 Å². The summed E-state index contributed by atoms with van der Waals surface area (Å²) in [5, 5.41) is 9.37. The van der Waals surface area contributed by atoms with Crippen LogP contribution in [-0.2, 0) is 9.59 Å². The minimum atomic E-state index is -0.980. The maximum Gasteiger partial charge on any atom is 0.305 e. The third-order valence-corrected chi connectivity index (χ3v) is 3.77. The lowest BCUT2D eigenvalue weighted by molar-refractivity contribution is -0.136. The van der Waals surface area contributed by atoms with E-state index in [1.807, 2.05) is 30.3 Å². The largest absolute Gasteiger partial charge is 0.481 e. The molecule has 2 aromatic carbocycles. The van der Waals surface area contributed by atoms with Gasteiger partial charge in [0.15, 0.2) is 11.5 Å². The van der Waals surface area contributed by atoms with Gasteiger partial charge in [0.05, 0.1) is 12.1 Å². The predicted octanol–water partition coefficient (Wildman–Crippen LogP) is 3.58. The summed E-state index contributed by atoms with van der Waals surface area (Å²) in [7, 11) is 0. The van der Waals surface area contributed by atoms with Crippen LogP contribution in [0.3, 0.4) is 0 Å². The van der Waals surface area contributed by atoms with E-state index in [1.165, 1.54) is 4.90 Å². The molecule has 0 saturated carbocycles. The third kappa shape index (κ3) is 3.41. The standard InChI is InChI=1S/C18H14ClNO4/c19-13-6-7-15-14(11-13)20(9-8-17(21)22)18(23)16(24-15)10-12-4-2-1-3-5-12/h1-7,10-11H,8-9H2,(H,21,22)/b16-10+. The van der Waals surface area contributed by atoms with E-state index in [1.54, 1.807) is 24.3 Å². The summed E-state index contributed by atoms with van der Waals surface area (Å²) < 4.78 is 5.70. The number of carboxylic acids is 1. The Kier molecular flexibility index (Phi) is 4.53. The van der Waals surface area contributed by atoms with Crippen LogP contribution < -0.4 is 9.64 Å². The van der Waals surface area contributed by atoms with E-state index in [0.29, 0.717) is 16.5 Å². The first-order valence-electron chi connectivity index (χ1n) is 7.32. The van der Waals surface area contributed by atoms with E-state index in [2.05, 4.69) is 0 Å². The molecule has 0 unspecified atom stereocenters. The molecule has 6 heteroatoms. The van der Waals surface area contributed by atoms with Crippen molar-refractivity contribution in [2.24, 2.45) is 0 Å². The van der Waals surface area contributed by atoms with E-state index in [-0.39, 0.29) is 18.7 Å². The Bertz CT molecular complexity index is 817. The lowest BCUT2D eigenvalue weighted by atomic mass is 10.1. The van der Waals surface area contributed by atoms with Crippen molar-refractivity contribution in [3.8, 4) is 5.75 Å². The molecule has 1 amide bonds. The Morgan fingerprint density at radius 3 is 2.67 bits per heavy atom. The van der Waals surface area contributed by atoms with Gasteiger partial charge in [-0.2, -0.15) is 0 Å². The molecule has 0 spiro atoms. The van der Waals surface area contributed by atoms with Crippen molar-refractivity contribution in [1.82, 2.24) is 0 Å². The first kappa shape index (κ1) is 16.1. The predicted molar refractivity (Wildman–Crippen MR) is 91.1 cm³/mol. The Hall–Kier alpha value is -2.79. The molecule has 0 bridgehead atoms. The van der Waals surface area contributed by atoms with Crippen molar-refractivity contribution in [3.05, 3.63) is 64.9 Å². The van der Waals surface area contributed by atoms with E-state index < -0.39 is 11.9 Å². The quantitative estimate of drug-likeness (QED) is 0.862. The molecule has 3 rings (SSSR count). The van der Waals surface area contributed by atoms with Crippen molar-refractivity contribution in [2.45, 2.75) is 6.42 Å². The Labute approximate surface area is 143 Å². The summed E-state index contributed by atoms with van der Waals surface area (Å²) in [6.07, 6.45) is 1.46. The molecule has 0 saturated heterocycles. The SMILES string of the molecule is O=C(O)CCN1C(=O)/C(=C\c2ccccc2)Oc2ccc(Cl)cc21. The van der Waals surface area contributed by atoms with Crippen LogP contribution in [0.15, 0.2) is 54.3 Å². The first-order chi connectivity index (χ1) is 11.5. The highest BCUT2D eigenvalue weighted by atomic mass is 35.5. The van der Waals surface area contributed by atoms with Gasteiger partial charge in [0, 0.05) is 11.6 Å². The number of aliphatic carboxylic acids is 1. The molecular formula is C18H14ClNO4. The zero-order valence-corrected chi connectivity index (χ0v) is 13.4. The molecule has 0 fully saturated rings. The number of carbonyl (C=O) groups excluding carboxylic acids is 1. The fourth-order valence-corrected chi connectivity index (χ4v) is 2.58. The number of ether oxygens (including phenoxy) is 1. The second kappa shape index (κ2) is 6.76. The second-order valence-corrected chi connectivity index (χ2v) is 5.67. The Morgan fingerprint density at radius 1 is 1.21 bits per heavy atom. The number of benzene rings is 2. The van der Waals surface area contributed by atoms with Gasteiger partial charge >= 0.3 is 5.97 Å². The highest BCUT2D eigenvalue weighted by Crippen LogP contribution is 2.37. The summed E-state index contributed by atoms with van der Waals surface area (Å²) in [5.74, 6) is -0.769. The van der Waals surface area contributed by atoms with Gasteiger partial charge in [0.2, 0.25) is 0 Å². The van der Waals surface area contributed by atoms with Crippen molar-refractivity contribution in [3.63, 3.8) is 0 Å². The van der Waals surface area contributed by atoms with Crippen LogP contribution >= 0.6 is 11.6 Å². The van der Waals surface area contributed by atoms with Gasteiger partial charge in [-0.25, -0.2) is 0 Å². The molecule has 5 nitrogen and oxygen atoms in total. The number of hydrogen-bond donors (Lipinski definition) is 1. The minimum Gasteiger partial charge on any atom is -0.481 e. The van der Waals surface area contributed by atoms with Crippen LogP contribution in [0.2, 0.25) is 5.02 Å². The van der Waals surface area contributed by atoms with E-state index in [9.17, 15) is 9.59 Å². The molecule has 1 heterocycles. The van der Waals surface area contributed by atoms with Gasteiger partial charge in [-0.1, -0.05) is 41.9 Å². The smallest absolute Gasteiger partial charge is 0.305 e. The molecule has 1 N–H and O–H groups in total. The number of nitrogens with zero attached hydrogens (tertiary/aromatic N) is 1. The highest BCUT2D eigenvalue weighted by Gasteiger charge is 2.30. The topological polar surface area (TPSA) is 66.8 Å². The van der Waals surface area contributed by atoms with Crippen LogP contribution in [0.5, 0.6) is 5.75 Å². The number of rotatable bonds is 4. The van der Waals surface area contributed by atoms with Crippen molar-refractivity contribution < 1.29 is 19.4 Å². The summed E-state index contributed by atoms with van der Waals surface area (Å²) in [4.78, 5) is 25.0. The number of halogens is 1. The van der Waals surface area contributed by atoms with Crippen molar-refractivity contribution in [2.75, 3.05) is 11.4 Å². The molecule has 1 aliphatic heterocycles. The molecule has 122 valence electrons. The van der Waals surface area contributed by atoms with Gasteiger partial charge < -0.3 is 14.7 Å². The van der Waals surface area contributed by atoms with Crippen LogP contribution in [0.1, 0.15) is 12.0 Å². The summed E-state index contributed by atoms with van der Waals surface area (Å²) in [5.41, 5.74) is 1.29. The maximum absolute atomic E-state index is 12.7. The van der Waals surface area contributed by atoms with Gasteiger partial charge in [-0.3, -0.25) is 9.59 Å². The summed E-state index contributed by atoms with van der Waals surface area (Å²) in [6, 6.07) is 14.2. The number of carboxylic acid groups (broad SMARTS) is 1. The zero-order valence-electron chi connectivity index (χ0n) is 12.6. The van der Waals surface area contributed by atoms with Crippen molar-refractivity contribution >= 4 is 35.2 Å². The monoisotopic (exact) mass is 343 g/mol. The molecular weight excluding hydrogens is 330 g/mol. The fourth-order valence-electron chi connectivity index (χ4n) is 2.41. The van der Waals surface area contributed by atoms with Gasteiger partial charge in [-0.05, 0) is 29.8 Å². The lowest BCUT2D eigenvalue weighted by Crippen LogP contribution is -2.38. The van der Waals surface area contributed by atoms with Gasteiger partial charge in [-0.15, -0.1) is 0 Å². The van der Waals surface area contributed by atoms with Gasteiger partial charge in [0.25, 0.3) is 5.91 Å². The highest BCUT2D eigenvalue weighted by molar-refractivity contribution is 6.31. The third-order valence-electron chi connectivity index (χ3n) is 3.53. The van der Waals surface area contributed by atoms with Gasteiger partial charge in [0.1, 0.15) is 0 Å². The number of anilines is 1. The zero-order chi connectivity index (χ0) is 17.1. The number of hydrogen-bond acceptors (Lipinski definition) is 3. The van der Waals surface area contributed by atoms with Crippen LogP contribution in [0.25, 0.3) is 6.08 Å². The number of amides is 1. The molecule has 24 heavy (non-hydrogen) atoms. The molecule has 0 radical (unpaired) electrons. The van der Waals surface area contributed by atoms with E-state index >= 15 is 0 Å². The average Bonchev–Trinajstić information content (AvgIpc) is 2.56. The molecule has 2 aromatic rings. The Morgan fingerprint density at radius 2 is 1.96 bits per heavy atom.